The third-order valence-electron chi connectivity index (χ3n) is 2.77. The summed E-state index contributed by atoms with van der Waals surface area (Å²) in [7, 11) is -3.31. The van der Waals surface area contributed by atoms with Crippen LogP contribution in [0.25, 0.3) is 10.2 Å². The van der Waals surface area contributed by atoms with Crippen molar-refractivity contribution in [3.05, 3.63) is 23.8 Å². The van der Waals surface area contributed by atoms with Gasteiger partial charge in [-0.2, -0.15) is 0 Å². The van der Waals surface area contributed by atoms with Crippen molar-refractivity contribution >= 4 is 37.7 Å². The third kappa shape index (κ3) is 3.19. The number of nitrogens with zero attached hydrogens (tertiary/aromatic N) is 1. The Bertz CT molecular complexity index is 689. The molecule has 2 aromatic rings. The molecular weight excluding hydrogens is 282 g/mol. The molecule has 4 nitrogen and oxygen atoms in total. The van der Waals surface area contributed by atoms with Crippen LogP contribution in [-0.2, 0) is 14.6 Å². The minimum atomic E-state index is -3.31. The van der Waals surface area contributed by atoms with Crippen molar-refractivity contribution in [3.63, 3.8) is 0 Å². The number of aromatic nitrogens is 1. The molecule has 19 heavy (non-hydrogen) atoms. The van der Waals surface area contributed by atoms with E-state index in [1.807, 2.05) is 6.92 Å². The Morgan fingerprint density at radius 1 is 1.32 bits per heavy atom. The highest BCUT2D eigenvalue weighted by atomic mass is 32.2. The molecule has 0 amide bonds. The maximum atomic E-state index is 12.1. The van der Waals surface area contributed by atoms with Crippen LogP contribution in [0.4, 0.5) is 0 Å². The molecule has 0 saturated heterocycles. The van der Waals surface area contributed by atoms with E-state index in [4.69, 9.17) is 0 Å². The topological polar surface area (TPSA) is 64.1 Å². The van der Waals surface area contributed by atoms with E-state index in [-0.39, 0.29) is 10.1 Å². The number of hydrogen-bond acceptors (Lipinski definition) is 5. The van der Waals surface area contributed by atoms with E-state index in [2.05, 4.69) is 4.98 Å². The second-order valence-corrected chi connectivity index (χ2v) is 7.60. The van der Waals surface area contributed by atoms with E-state index in [0.717, 1.165) is 28.9 Å². The maximum absolute atomic E-state index is 12.1. The molecule has 0 unspecified atom stereocenters. The number of unbranched alkanes of at least 4 members (excludes halogenated alkanes) is 2. The molecule has 1 aromatic carbocycles. The molecule has 101 valence electrons. The number of rotatable bonds is 6. The molecule has 0 aliphatic rings. The van der Waals surface area contributed by atoms with Crippen molar-refractivity contribution in [2.24, 2.45) is 0 Å². The SMILES string of the molecule is CCCCCS(=O)(=O)c1nc2cc([C]=O)ccc2s1. The highest BCUT2D eigenvalue weighted by Crippen LogP contribution is 2.27. The largest absolute Gasteiger partial charge is 0.285 e. The quantitative estimate of drug-likeness (QED) is 0.769. The van der Waals surface area contributed by atoms with Gasteiger partial charge in [0.25, 0.3) is 0 Å². The van der Waals surface area contributed by atoms with Gasteiger partial charge >= 0.3 is 0 Å². The maximum Gasteiger partial charge on any atom is 0.233 e. The number of hydrogen-bond donors (Lipinski definition) is 0. The third-order valence-corrected chi connectivity index (χ3v) is 6.06. The Morgan fingerprint density at radius 3 is 2.79 bits per heavy atom. The summed E-state index contributed by atoms with van der Waals surface area (Å²) in [6.07, 6.45) is 4.31. The van der Waals surface area contributed by atoms with Crippen molar-refractivity contribution in [2.45, 2.75) is 30.5 Å². The number of thiazole rings is 1. The molecule has 1 heterocycles. The second kappa shape index (κ2) is 5.79. The van der Waals surface area contributed by atoms with Crippen LogP contribution >= 0.6 is 11.3 Å². The van der Waals surface area contributed by atoms with Gasteiger partial charge < -0.3 is 0 Å². The molecule has 2 rings (SSSR count). The fourth-order valence-corrected chi connectivity index (χ4v) is 4.43. The number of sulfone groups is 1. The van der Waals surface area contributed by atoms with Crippen LogP contribution in [0, 0.1) is 0 Å². The van der Waals surface area contributed by atoms with Gasteiger partial charge in [-0.05, 0) is 24.6 Å². The molecule has 1 radical (unpaired) electrons. The normalized spacial score (nSPS) is 11.8. The molecule has 6 heteroatoms. The summed E-state index contributed by atoms with van der Waals surface area (Å²) in [5.74, 6) is 0.132. The highest BCUT2D eigenvalue weighted by molar-refractivity contribution is 7.93. The summed E-state index contributed by atoms with van der Waals surface area (Å²) in [6, 6.07) is 4.88. The van der Waals surface area contributed by atoms with Gasteiger partial charge in [0.2, 0.25) is 20.5 Å². The Morgan fingerprint density at radius 2 is 2.11 bits per heavy atom. The zero-order valence-corrected chi connectivity index (χ0v) is 12.2. The summed E-state index contributed by atoms with van der Waals surface area (Å²) >= 11 is 1.15. The van der Waals surface area contributed by atoms with Crippen molar-refractivity contribution in [3.8, 4) is 0 Å². The fourth-order valence-electron chi connectivity index (χ4n) is 1.73. The lowest BCUT2D eigenvalue weighted by molar-refractivity contribution is 0.563. The van der Waals surface area contributed by atoms with Gasteiger partial charge in [-0.25, -0.2) is 13.4 Å². The van der Waals surface area contributed by atoms with E-state index >= 15 is 0 Å². The van der Waals surface area contributed by atoms with E-state index < -0.39 is 9.84 Å². The van der Waals surface area contributed by atoms with Gasteiger partial charge in [0.15, 0.2) is 0 Å². The summed E-state index contributed by atoms with van der Waals surface area (Å²) in [5.41, 5.74) is 0.924. The average molecular weight is 296 g/mol. The Hall–Kier alpha value is -1.27. The molecule has 0 aliphatic carbocycles. The van der Waals surface area contributed by atoms with E-state index in [0.29, 0.717) is 17.5 Å². The first-order valence-electron chi connectivity index (χ1n) is 6.08. The van der Waals surface area contributed by atoms with Crippen LogP contribution in [0.3, 0.4) is 0 Å². The smallest absolute Gasteiger partial charge is 0.233 e. The average Bonchev–Trinajstić information content (AvgIpc) is 2.82. The molecule has 0 saturated carbocycles. The first kappa shape index (κ1) is 14.1. The van der Waals surface area contributed by atoms with Crippen molar-refractivity contribution < 1.29 is 13.2 Å². The summed E-state index contributed by atoms with van der Waals surface area (Å²) in [4.78, 5) is 14.7. The van der Waals surface area contributed by atoms with Crippen molar-refractivity contribution in [1.29, 1.82) is 0 Å². The molecule has 0 aliphatic heterocycles. The van der Waals surface area contributed by atoms with Gasteiger partial charge in [0, 0.05) is 5.56 Å². The van der Waals surface area contributed by atoms with Crippen LogP contribution in [0.2, 0.25) is 0 Å². The van der Waals surface area contributed by atoms with Crippen LogP contribution in [-0.4, -0.2) is 25.4 Å². The molecular formula is C13H14NO3S2. The van der Waals surface area contributed by atoms with E-state index in [1.54, 1.807) is 24.5 Å². The van der Waals surface area contributed by atoms with E-state index in [1.165, 1.54) is 0 Å². The fraction of sp³-hybridized carbons (Fsp3) is 0.385. The van der Waals surface area contributed by atoms with Crippen LogP contribution in [0.15, 0.2) is 22.5 Å². The lowest BCUT2D eigenvalue weighted by atomic mass is 10.2. The van der Waals surface area contributed by atoms with Crippen molar-refractivity contribution in [2.75, 3.05) is 5.75 Å². The number of fused-ring (bicyclic) bond motifs is 1. The summed E-state index contributed by atoms with van der Waals surface area (Å²) in [5, 5.41) is 0. The van der Waals surface area contributed by atoms with Crippen LogP contribution in [0.5, 0.6) is 0 Å². The molecule has 0 atom stereocenters. The van der Waals surface area contributed by atoms with E-state index in [9.17, 15) is 13.2 Å². The Kier molecular flexibility index (Phi) is 4.31. The molecule has 0 bridgehead atoms. The second-order valence-electron chi connectivity index (χ2n) is 4.29. The molecule has 1 aromatic heterocycles. The molecule has 0 fully saturated rings. The Balaban J connectivity index is 2.32. The zero-order chi connectivity index (χ0) is 13.9. The minimum absolute atomic E-state index is 0.132. The molecule has 0 spiro atoms. The van der Waals surface area contributed by atoms with Crippen molar-refractivity contribution in [1.82, 2.24) is 4.98 Å². The standard InChI is InChI=1S/C13H14NO3S2/c1-2-3-4-7-19(16,17)13-14-11-8-10(9-15)5-6-12(11)18-13/h5-6,8H,2-4,7H2,1H3. The molecule has 0 N–H and O–H groups in total. The monoisotopic (exact) mass is 296 g/mol. The van der Waals surface area contributed by atoms with Gasteiger partial charge in [0.05, 0.1) is 16.0 Å². The number of benzene rings is 1. The lowest BCUT2D eigenvalue weighted by Crippen LogP contribution is -2.06. The minimum Gasteiger partial charge on any atom is -0.285 e. The Labute approximate surface area is 116 Å². The summed E-state index contributed by atoms with van der Waals surface area (Å²) in [6.45, 7) is 2.03. The van der Waals surface area contributed by atoms with Gasteiger partial charge in [-0.15, -0.1) is 11.3 Å². The number of carbonyl (C=O) groups excluding carboxylic acids is 1. The van der Waals surface area contributed by atoms with Crippen LogP contribution < -0.4 is 0 Å². The predicted octanol–water partition coefficient (Wildman–Crippen LogP) is 2.72. The van der Waals surface area contributed by atoms with Gasteiger partial charge in [-0.1, -0.05) is 19.8 Å². The summed E-state index contributed by atoms with van der Waals surface area (Å²) < 4.78 is 25.1. The van der Waals surface area contributed by atoms with Crippen LogP contribution in [0.1, 0.15) is 31.7 Å². The first-order chi connectivity index (χ1) is 9.06. The lowest BCUT2D eigenvalue weighted by Gasteiger charge is -1.98. The van der Waals surface area contributed by atoms with Gasteiger partial charge in [0.1, 0.15) is 0 Å². The first-order valence-corrected chi connectivity index (χ1v) is 8.55. The van der Waals surface area contributed by atoms with Gasteiger partial charge in [-0.3, -0.25) is 4.79 Å². The highest BCUT2D eigenvalue weighted by Gasteiger charge is 2.19. The predicted molar refractivity (Wildman–Crippen MR) is 76.0 cm³/mol. The zero-order valence-electron chi connectivity index (χ0n) is 10.5.